The Bertz CT molecular complexity index is 634. The zero-order valence-corrected chi connectivity index (χ0v) is 11.8. The first-order valence-electron chi connectivity index (χ1n) is 5.98. The molecule has 20 heavy (non-hydrogen) atoms. The number of esters is 1. The molecule has 0 saturated heterocycles. The number of imidazole rings is 1. The number of aryl methyl sites for hydroxylation is 1. The van der Waals surface area contributed by atoms with E-state index >= 15 is 0 Å². The summed E-state index contributed by atoms with van der Waals surface area (Å²) >= 11 is 0. The molecule has 2 rings (SSSR count). The molecule has 1 aromatic heterocycles. The highest BCUT2D eigenvalue weighted by Crippen LogP contribution is 2.31. The molecule has 6 heteroatoms. The first-order valence-corrected chi connectivity index (χ1v) is 5.98. The standard InChI is InChI=1S/C14H16N2O4/c1-8-12(14(17)20-4)16-13(15-8)9-5-6-10(18-2)11(7-9)19-3/h5-7H,1-4H3,(H,15,16). The number of aromatic amines is 1. The molecule has 0 bridgehead atoms. The molecule has 0 radical (unpaired) electrons. The summed E-state index contributed by atoms with van der Waals surface area (Å²) in [5, 5.41) is 0. The average Bonchev–Trinajstić information content (AvgIpc) is 2.87. The van der Waals surface area contributed by atoms with Crippen molar-refractivity contribution in [1.29, 1.82) is 0 Å². The van der Waals surface area contributed by atoms with E-state index < -0.39 is 5.97 Å². The van der Waals surface area contributed by atoms with Crippen molar-refractivity contribution in [2.24, 2.45) is 0 Å². The molecule has 2 aromatic rings. The van der Waals surface area contributed by atoms with Gasteiger partial charge in [-0.15, -0.1) is 0 Å². The maximum atomic E-state index is 11.6. The monoisotopic (exact) mass is 276 g/mol. The smallest absolute Gasteiger partial charge is 0.358 e. The number of hydrogen-bond donors (Lipinski definition) is 1. The Hall–Kier alpha value is -2.50. The van der Waals surface area contributed by atoms with Gasteiger partial charge in [0.2, 0.25) is 0 Å². The fourth-order valence-corrected chi connectivity index (χ4v) is 1.88. The van der Waals surface area contributed by atoms with Gasteiger partial charge >= 0.3 is 5.97 Å². The predicted molar refractivity (Wildman–Crippen MR) is 73.2 cm³/mol. The molecule has 0 amide bonds. The van der Waals surface area contributed by atoms with Crippen molar-refractivity contribution in [1.82, 2.24) is 9.97 Å². The molecule has 0 spiro atoms. The summed E-state index contributed by atoms with van der Waals surface area (Å²) in [6, 6.07) is 5.41. The highest BCUT2D eigenvalue weighted by molar-refractivity contribution is 5.89. The minimum atomic E-state index is -0.467. The van der Waals surface area contributed by atoms with Crippen molar-refractivity contribution in [3.05, 3.63) is 29.6 Å². The molecule has 1 heterocycles. The second-order valence-electron chi connectivity index (χ2n) is 4.12. The molecule has 0 unspecified atom stereocenters. The van der Waals surface area contributed by atoms with Crippen LogP contribution in [0.2, 0.25) is 0 Å². The van der Waals surface area contributed by atoms with Crippen LogP contribution in [0.25, 0.3) is 11.4 Å². The van der Waals surface area contributed by atoms with Gasteiger partial charge in [0.1, 0.15) is 5.82 Å². The lowest BCUT2D eigenvalue weighted by atomic mass is 10.2. The lowest BCUT2D eigenvalue weighted by Crippen LogP contribution is -2.03. The van der Waals surface area contributed by atoms with E-state index in [0.29, 0.717) is 23.0 Å². The van der Waals surface area contributed by atoms with Crippen molar-refractivity contribution in [3.8, 4) is 22.9 Å². The third kappa shape index (κ3) is 2.45. The number of aromatic nitrogens is 2. The fraction of sp³-hybridized carbons (Fsp3) is 0.286. The van der Waals surface area contributed by atoms with Gasteiger partial charge in [-0.25, -0.2) is 9.78 Å². The van der Waals surface area contributed by atoms with Gasteiger partial charge in [-0.3, -0.25) is 0 Å². The van der Waals surface area contributed by atoms with Crippen LogP contribution in [0.4, 0.5) is 0 Å². The van der Waals surface area contributed by atoms with Gasteiger partial charge < -0.3 is 19.2 Å². The van der Waals surface area contributed by atoms with E-state index in [1.807, 2.05) is 6.07 Å². The zero-order chi connectivity index (χ0) is 14.7. The first kappa shape index (κ1) is 13.9. The van der Waals surface area contributed by atoms with Crippen molar-refractivity contribution in [2.45, 2.75) is 6.92 Å². The van der Waals surface area contributed by atoms with Crippen LogP contribution in [0.3, 0.4) is 0 Å². The molecular formula is C14H16N2O4. The van der Waals surface area contributed by atoms with Gasteiger partial charge in [0.25, 0.3) is 0 Å². The topological polar surface area (TPSA) is 73.4 Å². The number of H-pyrrole nitrogens is 1. The van der Waals surface area contributed by atoms with Crippen LogP contribution in [0.1, 0.15) is 16.2 Å². The van der Waals surface area contributed by atoms with Crippen LogP contribution in [0, 0.1) is 6.92 Å². The van der Waals surface area contributed by atoms with Crippen LogP contribution in [-0.2, 0) is 4.74 Å². The van der Waals surface area contributed by atoms with Gasteiger partial charge in [0, 0.05) is 11.3 Å². The fourth-order valence-electron chi connectivity index (χ4n) is 1.88. The minimum absolute atomic E-state index is 0.275. The second-order valence-corrected chi connectivity index (χ2v) is 4.12. The van der Waals surface area contributed by atoms with Crippen LogP contribution < -0.4 is 9.47 Å². The quantitative estimate of drug-likeness (QED) is 0.866. The lowest BCUT2D eigenvalue weighted by Gasteiger charge is -2.08. The first-order chi connectivity index (χ1) is 9.60. The van der Waals surface area contributed by atoms with E-state index in [0.717, 1.165) is 5.56 Å². The second kappa shape index (κ2) is 5.64. The summed E-state index contributed by atoms with van der Waals surface area (Å²) in [4.78, 5) is 18.9. The highest BCUT2D eigenvalue weighted by atomic mass is 16.5. The Morgan fingerprint density at radius 3 is 2.45 bits per heavy atom. The normalized spacial score (nSPS) is 10.2. The molecule has 0 aliphatic rings. The van der Waals surface area contributed by atoms with Gasteiger partial charge in [0.15, 0.2) is 17.2 Å². The zero-order valence-electron chi connectivity index (χ0n) is 11.8. The summed E-state index contributed by atoms with van der Waals surface area (Å²) in [5.74, 6) is 1.33. The number of benzene rings is 1. The molecule has 0 saturated carbocycles. The van der Waals surface area contributed by atoms with Crippen molar-refractivity contribution >= 4 is 5.97 Å². The van der Waals surface area contributed by atoms with E-state index in [4.69, 9.17) is 9.47 Å². The SMILES string of the molecule is COC(=O)c1nc(-c2ccc(OC)c(OC)c2)[nH]c1C. The number of hydrogen-bond acceptors (Lipinski definition) is 5. The Balaban J connectivity index is 2.44. The Kier molecular flexibility index (Phi) is 3.93. The molecule has 1 N–H and O–H groups in total. The Morgan fingerprint density at radius 1 is 1.15 bits per heavy atom. The molecule has 0 aliphatic heterocycles. The molecule has 1 aromatic carbocycles. The summed E-state index contributed by atoms with van der Waals surface area (Å²) in [6.45, 7) is 1.77. The van der Waals surface area contributed by atoms with Crippen molar-refractivity contribution in [3.63, 3.8) is 0 Å². The van der Waals surface area contributed by atoms with Crippen LogP contribution in [-0.4, -0.2) is 37.3 Å². The Morgan fingerprint density at radius 2 is 1.85 bits per heavy atom. The van der Waals surface area contributed by atoms with Crippen molar-refractivity contribution in [2.75, 3.05) is 21.3 Å². The number of methoxy groups -OCH3 is 3. The Labute approximate surface area is 116 Å². The maximum absolute atomic E-state index is 11.6. The lowest BCUT2D eigenvalue weighted by molar-refractivity contribution is 0.0594. The molecular weight excluding hydrogens is 260 g/mol. The summed E-state index contributed by atoms with van der Waals surface area (Å²) < 4.78 is 15.1. The number of nitrogens with zero attached hydrogens (tertiary/aromatic N) is 1. The van der Waals surface area contributed by atoms with Gasteiger partial charge in [-0.05, 0) is 25.1 Å². The van der Waals surface area contributed by atoms with E-state index in [2.05, 4.69) is 14.7 Å². The number of carbonyl (C=O) groups excluding carboxylic acids is 1. The average molecular weight is 276 g/mol. The molecule has 0 fully saturated rings. The number of ether oxygens (including phenoxy) is 3. The minimum Gasteiger partial charge on any atom is -0.493 e. The van der Waals surface area contributed by atoms with Crippen LogP contribution >= 0.6 is 0 Å². The van der Waals surface area contributed by atoms with Crippen molar-refractivity contribution < 1.29 is 19.0 Å². The number of nitrogens with one attached hydrogen (secondary N) is 1. The summed E-state index contributed by atoms with van der Waals surface area (Å²) in [7, 11) is 4.46. The van der Waals surface area contributed by atoms with Crippen LogP contribution in [0.5, 0.6) is 11.5 Å². The molecule has 0 aliphatic carbocycles. The van der Waals surface area contributed by atoms with Gasteiger partial charge in [0.05, 0.1) is 21.3 Å². The number of carbonyl (C=O) groups is 1. The molecule has 6 nitrogen and oxygen atoms in total. The summed E-state index contributed by atoms with van der Waals surface area (Å²) in [5.41, 5.74) is 1.72. The molecule has 106 valence electrons. The van der Waals surface area contributed by atoms with E-state index in [9.17, 15) is 4.79 Å². The van der Waals surface area contributed by atoms with E-state index in [1.165, 1.54) is 7.11 Å². The third-order valence-corrected chi connectivity index (χ3v) is 2.92. The molecule has 0 atom stereocenters. The van der Waals surface area contributed by atoms with Crippen LogP contribution in [0.15, 0.2) is 18.2 Å². The largest absolute Gasteiger partial charge is 0.493 e. The highest BCUT2D eigenvalue weighted by Gasteiger charge is 2.16. The number of rotatable bonds is 4. The van der Waals surface area contributed by atoms with E-state index in [1.54, 1.807) is 33.3 Å². The maximum Gasteiger partial charge on any atom is 0.358 e. The van der Waals surface area contributed by atoms with Gasteiger partial charge in [-0.2, -0.15) is 0 Å². The summed E-state index contributed by atoms with van der Waals surface area (Å²) in [6.07, 6.45) is 0. The third-order valence-electron chi connectivity index (χ3n) is 2.92. The van der Waals surface area contributed by atoms with Gasteiger partial charge in [-0.1, -0.05) is 0 Å². The predicted octanol–water partition coefficient (Wildman–Crippen LogP) is 2.19. The van der Waals surface area contributed by atoms with E-state index in [-0.39, 0.29) is 5.69 Å².